The summed E-state index contributed by atoms with van der Waals surface area (Å²) in [6.07, 6.45) is 0. The van der Waals surface area contributed by atoms with E-state index in [1.807, 2.05) is 0 Å². The molecule has 0 aliphatic rings. The van der Waals surface area contributed by atoms with Crippen molar-refractivity contribution in [2.75, 3.05) is 20.6 Å². The summed E-state index contributed by atoms with van der Waals surface area (Å²) in [5.74, 6) is -1.88. The Balaban J connectivity index is 4.02. The number of carbonyl (C=O) groups excluding carboxylic acids is 2. The summed E-state index contributed by atoms with van der Waals surface area (Å²) in [7, 11) is 3.18. The smallest absolute Gasteiger partial charge is 0.315 e. The molecule has 3 amide bonds. The first-order valence-corrected chi connectivity index (χ1v) is 5.24. The fraction of sp³-hybridized carbons (Fsp3) is 0.700. The Morgan fingerprint density at radius 1 is 1.24 bits per heavy atom. The third kappa shape index (κ3) is 5.74. The van der Waals surface area contributed by atoms with E-state index in [-0.39, 0.29) is 12.5 Å². The molecule has 0 radical (unpaired) electrons. The largest absolute Gasteiger partial charge is 0.481 e. The summed E-state index contributed by atoms with van der Waals surface area (Å²) in [5.41, 5.74) is 0. The van der Waals surface area contributed by atoms with Gasteiger partial charge in [-0.1, -0.05) is 6.92 Å². The van der Waals surface area contributed by atoms with Crippen molar-refractivity contribution >= 4 is 17.9 Å². The highest BCUT2D eigenvalue weighted by Gasteiger charge is 2.18. The number of hydrogen-bond donors (Lipinski definition) is 3. The van der Waals surface area contributed by atoms with Crippen LogP contribution in [0.1, 0.15) is 13.8 Å². The third-order valence-electron chi connectivity index (χ3n) is 2.15. The molecule has 0 aromatic rings. The summed E-state index contributed by atoms with van der Waals surface area (Å²) < 4.78 is 0. The van der Waals surface area contributed by atoms with Gasteiger partial charge in [-0.05, 0) is 6.92 Å². The van der Waals surface area contributed by atoms with Crippen LogP contribution in [0.3, 0.4) is 0 Å². The van der Waals surface area contributed by atoms with Gasteiger partial charge in [0.2, 0.25) is 5.91 Å². The Morgan fingerprint density at radius 2 is 1.76 bits per heavy atom. The zero-order valence-electron chi connectivity index (χ0n) is 10.5. The van der Waals surface area contributed by atoms with Crippen LogP contribution in [-0.2, 0) is 9.59 Å². The summed E-state index contributed by atoms with van der Waals surface area (Å²) >= 11 is 0. The number of rotatable bonds is 5. The highest BCUT2D eigenvalue weighted by molar-refractivity contribution is 5.86. The number of aliphatic carboxylic acids is 1. The van der Waals surface area contributed by atoms with Crippen molar-refractivity contribution in [1.82, 2.24) is 15.5 Å². The molecule has 0 aliphatic carbocycles. The second kappa shape index (κ2) is 6.72. The van der Waals surface area contributed by atoms with Gasteiger partial charge in [0.25, 0.3) is 0 Å². The summed E-state index contributed by atoms with van der Waals surface area (Å²) in [6.45, 7) is 3.06. The first-order valence-electron chi connectivity index (χ1n) is 5.24. The minimum absolute atomic E-state index is 0.0179. The number of amides is 3. The lowest BCUT2D eigenvalue weighted by molar-refractivity contribution is -0.140. The minimum Gasteiger partial charge on any atom is -0.481 e. The van der Waals surface area contributed by atoms with E-state index in [1.54, 1.807) is 21.0 Å². The van der Waals surface area contributed by atoms with Gasteiger partial charge in [-0.2, -0.15) is 0 Å². The Morgan fingerprint density at radius 3 is 2.18 bits per heavy atom. The molecule has 0 spiro atoms. The van der Waals surface area contributed by atoms with Crippen molar-refractivity contribution in [2.45, 2.75) is 19.9 Å². The molecule has 7 nitrogen and oxygen atoms in total. The van der Waals surface area contributed by atoms with Gasteiger partial charge in [0.05, 0.1) is 5.92 Å². The average molecular weight is 245 g/mol. The first kappa shape index (κ1) is 15.2. The lowest BCUT2D eigenvalue weighted by Gasteiger charge is -2.18. The molecule has 0 fully saturated rings. The molecule has 0 aromatic carbocycles. The van der Waals surface area contributed by atoms with Crippen LogP contribution in [0.2, 0.25) is 0 Å². The van der Waals surface area contributed by atoms with Gasteiger partial charge in [-0.3, -0.25) is 9.59 Å². The number of carboxylic acids is 1. The van der Waals surface area contributed by atoms with E-state index in [4.69, 9.17) is 5.11 Å². The molecule has 0 saturated heterocycles. The Kier molecular flexibility index (Phi) is 6.01. The van der Waals surface area contributed by atoms with Crippen molar-refractivity contribution in [3.05, 3.63) is 0 Å². The van der Waals surface area contributed by atoms with Gasteiger partial charge < -0.3 is 20.6 Å². The lowest BCUT2D eigenvalue weighted by Crippen LogP contribution is -2.49. The number of urea groups is 1. The molecule has 98 valence electrons. The van der Waals surface area contributed by atoms with Crippen molar-refractivity contribution < 1.29 is 19.5 Å². The number of carbonyl (C=O) groups is 3. The molecule has 0 heterocycles. The molecule has 7 heteroatoms. The molecule has 2 atom stereocenters. The van der Waals surface area contributed by atoms with Gasteiger partial charge >= 0.3 is 12.0 Å². The first-order chi connectivity index (χ1) is 7.75. The van der Waals surface area contributed by atoms with E-state index in [9.17, 15) is 14.4 Å². The minimum atomic E-state index is -0.984. The second-order valence-electron chi connectivity index (χ2n) is 4.05. The van der Waals surface area contributed by atoms with Gasteiger partial charge in [0.1, 0.15) is 6.04 Å². The highest BCUT2D eigenvalue weighted by atomic mass is 16.4. The predicted molar refractivity (Wildman–Crippen MR) is 61.5 cm³/mol. The van der Waals surface area contributed by atoms with Crippen LogP contribution < -0.4 is 10.6 Å². The van der Waals surface area contributed by atoms with Crippen molar-refractivity contribution in [3.63, 3.8) is 0 Å². The van der Waals surface area contributed by atoms with Crippen LogP contribution in [0, 0.1) is 5.92 Å². The van der Waals surface area contributed by atoms with E-state index in [1.165, 1.54) is 11.8 Å². The Hall–Kier alpha value is -1.79. The number of carboxylic acid groups (broad SMARTS) is 1. The molecule has 3 N–H and O–H groups in total. The molecule has 0 aromatic heterocycles. The Labute approximate surface area is 100 Å². The van der Waals surface area contributed by atoms with E-state index in [0.717, 1.165) is 0 Å². The van der Waals surface area contributed by atoms with E-state index in [2.05, 4.69) is 10.6 Å². The molecule has 17 heavy (non-hydrogen) atoms. The van der Waals surface area contributed by atoms with E-state index >= 15 is 0 Å². The zero-order chi connectivity index (χ0) is 13.6. The van der Waals surface area contributed by atoms with Crippen LogP contribution in [0.4, 0.5) is 4.79 Å². The average Bonchev–Trinajstić information content (AvgIpc) is 2.24. The molecular formula is C10H19N3O4. The quantitative estimate of drug-likeness (QED) is 0.607. The molecule has 0 rings (SSSR count). The van der Waals surface area contributed by atoms with Gasteiger partial charge in [-0.25, -0.2) is 4.79 Å². The molecular weight excluding hydrogens is 226 g/mol. The SMILES string of the molecule is CC(CNC(=O)NC(C)C(=O)N(C)C)C(=O)O. The number of nitrogens with one attached hydrogen (secondary N) is 2. The van der Waals surface area contributed by atoms with Crippen LogP contribution in [0.25, 0.3) is 0 Å². The molecule has 0 aliphatic heterocycles. The molecule has 0 bridgehead atoms. The molecule has 2 unspecified atom stereocenters. The van der Waals surface area contributed by atoms with Crippen LogP contribution in [0.5, 0.6) is 0 Å². The Bertz CT molecular complexity index is 304. The predicted octanol–water partition coefficient (Wildman–Crippen LogP) is -0.517. The zero-order valence-corrected chi connectivity index (χ0v) is 10.5. The number of hydrogen-bond acceptors (Lipinski definition) is 3. The van der Waals surface area contributed by atoms with Crippen LogP contribution in [-0.4, -0.2) is 54.6 Å². The monoisotopic (exact) mass is 245 g/mol. The molecule has 0 saturated carbocycles. The van der Waals surface area contributed by atoms with Crippen LogP contribution >= 0.6 is 0 Å². The standard InChI is InChI=1S/C10H19N3O4/c1-6(9(15)16)5-11-10(17)12-7(2)8(14)13(3)4/h6-7H,5H2,1-4H3,(H,15,16)(H2,11,12,17). The summed E-state index contributed by atoms with van der Waals surface area (Å²) in [4.78, 5) is 34.6. The summed E-state index contributed by atoms with van der Waals surface area (Å²) in [5, 5.41) is 13.4. The van der Waals surface area contributed by atoms with Crippen LogP contribution in [0.15, 0.2) is 0 Å². The van der Waals surface area contributed by atoms with E-state index < -0.39 is 24.0 Å². The second-order valence-corrected chi connectivity index (χ2v) is 4.05. The van der Waals surface area contributed by atoms with E-state index in [0.29, 0.717) is 0 Å². The fourth-order valence-corrected chi connectivity index (χ4v) is 1.03. The van der Waals surface area contributed by atoms with Gasteiger partial charge in [-0.15, -0.1) is 0 Å². The van der Waals surface area contributed by atoms with Gasteiger partial charge in [0.15, 0.2) is 0 Å². The third-order valence-corrected chi connectivity index (χ3v) is 2.15. The maximum Gasteiger partial charge on any atom is 0.315 e. The maximum atomic E-state index is 11.4. The van der Waals surface area contributed by atoms with Crippen molar-refractivity contribution in [2.24, 2.45) is 5.92 Å². The number of likely N-dealkylation sites (N-methyl/N-ethyl adjacent to an activating group) is 1. The topological polar surface area (TPSA) is 98.7 Å². The van der Waals surface area contributed by atoms with Crippen molar-refractivity contribution in [3.8, 4) is 0 Å². The number of nitrogens with zero attached hydrogens (tertiary/aromatic N) is 1. The normalized spacial score (nSPS) is 13.4. The highest BCUT2D eigenvalue weighted by Crippen LogP contribution is 1.92. The summed E-state index contributed by atoms with van der Waals surface area (Å²) in [6, 6.07) is -1.20. The van der Waals surface area contributed by atoms with Crippen molar-refractivity contribution in [1.29, 1.82) is 0 Å². The maximum absolute atomic E-state index is 11.4. The van der Waals surface area contributed by atoms with Gasteiger partial charge in [0, 0.05) is 20.6 Å². The fourth-order valence-electron chi connectivity index (χ4n) is 1.03. The lowest BCUT2D eigenvalue weighted by atomic mass is 10.2.